The molecule has 0 radical (unpaired) electrons. The number of hydrogen-bond donors (Lipinski definition) is 1. The van der Waals surface area contributed by atoms with Gasteiger partial charge in [-0.2, -0.15) is 0 Å². The monoisotopic (exact) mass is 293 g/mol. The molecule has 5 heteroatoms. The Kier molecular flexibility index (Phi) is 5.20. The average Bonchev–Trinajstić information content (AvgIpc) is 2.81. The second kappa shape index (κ2) is 6.90. The first-order valence-corrected chi connectivity index (χ1v) is 7.70. The van der Waals surface area contributed by atoms with E-state index in [1.807, 2.05) is 6.92 Å². The Labute approximate surface area is 123 Å². The maximum atomic E-state index is 12.9. The quantitative estimate of drug-likeness (QED) is 0.885. The van der Waals surface area contributed by atoms with E-state index in [0.29, 0.717) is 5.92 Å². The summed E-state index contributed by atoms with van der Waals surface area (Å²) >= 11 is 1.67. The van der Waals surface area contributed by atoms with E-state index in [1.54, 1.807) is 17.4 Å². The number of nitrogens with zero attached hydrogens (tertiary/aromatic N) is 2. The number of halogens is 1. The maximum Gasteiger partial charge on any atom is 0.141 e. The summed E-state index contributed by atoms with van der Waals surface area (Å²) in [6.45, 7) is 7.12. The molecule has 0 amide bonds. The summed E-state index contributed by atoms with van der Waals surface area (Å²) in [7, 11) is 0. The molecule has 0 aliphatic heterocycles. The van der Waals surface area contributed by atoms with Gasteiger partial charge in [0.25, 0.3) is 0 Å². The number of aromatic nitrogens is 2. The number of nitrogens with one attached hydrogen (secondary N) is 1. The van der Waals surface area contributed by atoms with Crippen LogP contribution < -0.4 is 5.32 Å². The molecule has 2 rings (SSSR count). The predicted octanol–water partition coefficient (Wildman–Crippen LogP) is 3.52. The minimum absolute atomic E-state index is 0.135. The second-order valence-corrected chi connectivity index (χ2v) is 6.25. The Hall–Kier alpha value is -1.33. The van der Waals surface area contributed by atoms with Crippen molar-refractivity contribution in [3.05, 3.63) is 45.9 Å². The summed E-state index contributed by atoms with van der Waals surface area (Å²) in [6, 6.07) is 3.35. The number of hydrogen-bond acceptors (Lipinski definition) is 4. The van der Waals surface area contributed by atoms with Crippen molar-refractivity contribution in [2.45, 2.75) is 33.2 Å². The second-order valence-electron chi connectivity index (χ2n) is 5.18. The molecular formula is C15H20FN3S. The molecule has 0 aromatic carbocycles. The molecule has 0 aliphatic carbocycles. The Morgan fingerprint density at radius 1 is 1.35 bits per heavy atom. The molecule has 2 aromatic heterocycles. The van der Waals surface area contributed by atoms with E-state index in [-0.39, 0.29) is 11.9 Å². The zero-order valence-electron chi connectivity index (χ0n) is 12.1. The lowest BCUT2D eigenvalue weighted by Gasteiger charge is -2.21. The van der Waals surface area contributed by atoms with Crippen molar-refractivity contribution >= 4 is 11.3 Å². The molecule has 1 atom stereocenters. The van der Waals surface area contributed by atoms with Crippen LogP contribution in [0.2, 0.25) is 0 Å². The topological polar surface area (TPSA) is 37.8 Å². The molecule has 108 valence electrons. The fourth-order valence-electron chi connectivity index (χ4n) is 2.13. The lowest BCUT2D eigenvalue weighted by atomic mass is 10.00. The molecule has 2 heterocycles. The highest BCUT2D eigenvalue weighted by atomic mass is 32.1. The van der Waals surface area contributed by atoms with Crippen LogP contribution in [0.3, 0.4) is 0 Å². The smallest absolute Gasteiger partial charge is 0.141 e. The van der Waals surface area contributed by atoms with Gasteiger partial charge >= 0.3 is 0 Å². The SMILES string of the molecule is Cc1nc(CCN[C@@H](c2ccc(F)cn2)C(C)C)cs1. The van der Waals surface area contributed by atoms with Crippen molar-refractivity contribution in [3.8, 4) is 0 Å². The summed E-state index contributed by atoms with van der Waals surface area (Å²) in [6.07, 6.45) is 2.17. The first kappa shape index (κ1) is 15.1. The van der Waals surface area contributed by atoms with E-state index in [0.717, 1.165) is 29.4 Å². The molecule has 2 aromatic rings. The van der Waals surface area contributed by atoms with E-state index in [1.165, 1.54) is 12.3 Å². The van der Waals surface area contributed by atoms with Crippen molar-refractivity contribution in [2.75, 3.05) is 6.54 Å². The fourth-order valence-corrected chi connectivity index (χ4v) is 2.78. The molecule has 3 nitrogen and oxygen atoms in total. The summed E-state index contributed by atoms with van der Waals surface area (Å²) in [5, 5.41) is 6.68. The number of pyridine rings is 1. The Morgan fingerprint density at radius 3 is 2.70 bits per heavy atom. The minimum Gasteiger partial charge on any atom is -0.308 e. The van der Waals surface area contributed by atoms with Crippen LogP contribution in [0.15, 0.2) is 23.7 Å². The van der Waals surface area contributed by atoms with Crippen molar-refractivity contribution in [2.24, 2.45) is 5.92 Å². The van der Waals surface area contributed by atoms with E-state index in [4.69, 9.17) is 0 Å². The van der Waals surface area contributed by atoms with Gasteiger partial charge in [-0.1, -0.05) is 13.8 Å². The van der Waals surface area contributed by atoms with E-state index in [2.05, 4.69) is 34.5 Å². The van der Waals surface area contributed by atoms with Gasteiger partial charge in [0, 0.05) is 18.3 Å². The first-order chi connectivity index (χ1) is 9.56. The lowest BCUT2D eigenvalue weighted by Crippen LogP contribution is -2.28. The molecule has 0 unspecified atom stereocenters. The van der Waals surface area contributed by atoms with Crippen molar-refractivity contribution in [1.82, 2.24) is 15.3 Å². The highest BCUT2D eigenvalue weighted by Crippen LogP contribution is 2.19. The zero-order valence-corrected chi connectivity index (χ0v) is 12.9. The van der Waals surface area contributed by atoms with Crippen LogP contribution in [0.5, 0.6) is 0 Å². The Bertz CT molecular complexity index is 536. The molecule has 1 N–H and O–H groups in total. The zero-order chi connectivity index (χ0) is 14.5. The Morgan fingerprint density at radius 2 is 2.15 bits per heavy atom. The maximum absolute atomic E-state index is 12.9. The highest BCUT2D eigenvalue weighted by molar-refractivity contribution is 7.09. The number of rotatable bonds is 6. The lowest BCUT2D eigenvalue weighted by molar-refractivity contribution is 0.404. The first-order valence-electron chi connectivity index (χ1n) is 6.82. The van der Waals surface area contributed by atoms with Crippen LogP contribution in [0.4, 0.5) is 4.39 Å². The Balaban J connectivity index is 1.94. The van der Waals surface area contributed by atoms with Crippen LogP contribution in [0.25, 0.3) is 0 Å². The minimum atomic E-state index is -0.297. The molecule has 20 heavy (non-hydrogen) atoms. The third-order valence-corrected chi connectivity index (χ3v) is 3.97. The van der Waals surface area contributed by atoms with Gasteiger partial charge in [-0.25, -0.2) is 9.37 Å². The largest absolute Gasteiger partial charge is 0.308 e. The standard InChI is InChI=1S/C15H20FN3S/c1-10(2)15(14-5-4-12(16)8-18-14)17-7-6-13-9-20-11(3)19-13/h4-5,8-10,15,17H,6-7H2,1-3H3/t15-/m1/s1. The van der Waals surface area contributed by atoms with Gasteiger partial charge in [0.05, 0.1) is 28.6 Å². The normalized spacial score (nSPS) is 12.8. The molecule has 0 bridgehead atoms. The third kappa shape index (κ3) is 4.08. The van der Waals surface area contributed by atoms with Crippen LogP contribution >= 0.6 is 11.3 Å². The van der Waals surface area contributed by atoms with E-state index < -0.39 is 0 Å². The van der Waals surface area contributed by atoms with Gasteiger partial charge in [0.1, 0.15) is 5.82 Å². The molecule has 0 saturated carbocycles. The van der Waals surface area contributed by atoms with Gasteiger partial charge in [0.15, 0.2) is 0 Å². The molecule has 0 saturated heterocycles. The van der Waals surface area contributed by atoms with Gasteiger partial charge in [-0.3, -0.25) is 4.98 Å². The van der Waals surface area contributed by atoms with E-state index in [9.17, 15) is 4.39 Å². The van der Waals surface area contributed by atoms with Gasteiger partial charge in [-0.15, -0.1) is 11.3 Å². The van der Waals surface area contributed by atoms with Crippen molar-refractivity contribution < 1.29 is 4.39 Å². The molecule has 0 aliphatic rings. The van der Waals surface area contributed by atoms with Crippen LogP contribution in [0, 0.1) is 18.7 Å². The van der Waals surface area contributed by atoms with Crippen LogP contribution in [-0.4, -0.2) is 16.5 Å². The summed E-state index contributed by atoms with van der Waals surface area (Å²) < 4.78 is 12.9. The third-order valence-electron chi connectivity index (χ3n) is 3.15. The van der Waals surface area contributed by atoms with E-state index >= 15 is 0 Å². The fraction of sp³-hybridized carbons (Fsp3) is 0.467. The number of thiazole rings is 1. The van der Waals surface area contributed by atoms with Gasteiger partial charge in [0.2, 0.25) is 0 Å². The van der Waals surface area contributed by atoms with Crippen LogP contribution in [-0.2, 0) is 6.42 Å². The van der Waals surface area contributed by atoms with Crippen LogP contribution in [0.1, 0.15) is 36.3 Å². The van der Waals surface area contributed by atoms with Crippen molar-refractivity contribution in [1.29, 1.82) is 0 Å². The molecule has 0 fully saturated rings. The summed E-state index contributed by atoms with van der Waals surface area (Å²) in [5.74, 6) is 0.0966. The average molecular weight is 293 g/mol. The number of aryl methyl sites for hydroxylation is 1. The summed E-state index contributed by atoms with van der Waals surface area (Å²) in [5.41, 5.74) is 2.01. The van der Waals surface area contributed by atoms with Crippen molar-refractivity contribution in [3.63, 3.8) is 0 Å². The highest BCUT2D eigenvalue weighted by Gasteiger charge is 2.16. The molecular weight excluding hydrogens is 273 g/mol. The molecule has 0 spiro atoms. The van der Waals surface area contributed by atoms with Gasteiger partial charge in [-0.05, 0) is 25.0 Å². The predicted molar refractivity (Wildman–Crippen MR) is 80.3 cm³/mol. The van der Waals surface area contributed by atoms with Gasteiger partial charge < -0.3 is 5.32 Å². The summed E-state index contributed by atoms with van der Waals surface area (Å²) in [4.78, 5) is 8.63.